The number of carbonyl (C=O) groups excluding carboxylic acids is 1. The summed E-state index contributed by atoms with van der Waals surface area (Å²) in [5.74, 6) is 1.41. The summed E-state index contributed by atoms with van der Waals surface area (Å²) in [6.07, 6.45) is -1.62. The molecule has 9 nitrogen and oxygen atoms in total. The van der Waals surface area contributed by atoms with Crippen LogP contribution in [-0.2, 0) is 19.1 Å². The Bertz CT molecular complexity index is 404. The molecule has 3 fully saturated rings. The molecular weight excluding hydrogens is 290 g/mol. The van der Waals surface area contributed by atoms with E-state index in [1.54, 1.807) is 11.8 Å². The van der Waals surface area contributed by atoms with Gasteiger partial charge in [0.2, 0.25) is 5.91 Å². The fourth-order valence-corrected chi connectivity index (χ4v) is 3.58. The molecule has 20 heavy (non-hydrogen) atoms. The smallest absolute Gasteiger partial charge is 0.294 e. The van der Waals surface area contributed by atoms with E-state index in [0.717, 1.165) is 11.6 Å². The number of amides is 1. The molecule has 0 radical (unpaired) electrons. The molecule has 1 amide bonds. The van der Waals surface area contributed by atoms with Crippen molar-refractivity contribution in [3.63, 3.8) is 0 Å². The Morgan fingerprint density at radius 3 is 2.90 bits per heavy atom. The summed E-state index contributed by atoms with van der Waals surface area (Å²) < 4.78 is 10.9. The molecule has 3 aliphatic rings. The Balaban J connectivity index is 1.55. The number of hydrogen-bond acceptors (Lipinski definition) is 8. The lowest BCUT2D eigenvalue weighted by Crippen LogP contribution is -2.50. The zero-order valence-corrected chi connectivity index (χ0v) is 11.3. The summed E-state index contributed by atoms with van der Waals surface area (Å²) in [5.41, 5.74) is 0. The van der Waals surface area contributed by atoms with Gasteiger partial charge in [-0.2, -0.15) is 0 Å². The topological polar surface area (TPSA) is 112 Å². The molecule has 0 aromatic heterocycles. The van der Waals surface area contributed by atoms with Gasteiger partial charge in [-0.05, 0) is 0 Å². The Morgan fingerprint density at radius 2 is 2.20 bits per heavy atom. The van der Waals surface area contributed by atoms with E-state index in [-0.39, 0.29) is 31.2 Å². The van der Waals surface area contributed by atoms with E-state index in [9.17, 15) is 14.9 Å². The predicted molar refractivity (Wildman–Crippen MR) is 67.5 cm³/mol. The number of hydrogen-bond donors (Lipinski definition) is 2. The fraction of sp³-hybridized carbons (Fsp3) is 0.900. The van der Waals surface area contributed by atoms with Gasteiger partial charge in [-0.3, -0.25) is 10.1 Å². The molecule has 2 N–H and O–H groups in total. The Kier molecular flexibility index (Phi) is 3.96. The van der Waals surface area contributed by atoms with Crippen LogP contribution in [0.5, 0.6) is 0 Å². The molecule has 0 bridgehead atoms. The largest absolute Gasteiger partial charge is 0.371 e. The number of nitrogens with zero attached hydrogens (tertiary/aromatic N) is 1. The highest BCUT2D eigenvalue weighted by Crippen LogP contribution is 2.29. The first-order valence-corrected chi connectivity index (χ1v) is 7.46. The monoisotopic (exact) mass is 305 g/mol. The number of rotatable bonds is 4. The summed E-state index contributed by atoms with van der Waals surface area (Å²) in [7, 11) is 0. The first kappa shape index (κ1) is 13.9. The second-order valence-electron chi connectivity index (χ2n) is 4.85. The van der Waals surface area contributed by atoms with E-state index < -0.39 is 23.4 Å². The second-order valence-corrected chi connectivity index (χ2v) is 5.88. The van der Waals surface area contributed by atoms with Crippen molar-refractivity contribution < 1.29 is 24.2 Å². The van der Waals surface area contributed by atoms with Gasteiger partial charge in [-0.1, -0.05) is 0 Å². The number of nitrogens with one attached hydrogen (secondary N) is 2. The number of carbonyl (C=O) groups is 1. The summed E-state index contributed by atoms with van der Waals surface area (Å²) >= 11 is 1.67. The number of ether oxygens (including phenoxy) is 2. The summed E-state index contributed by atoms with van der Waals surface area (Å²) in [6, 6.07) is -0.494. The average molecular weight is 305 g/mol. The lowest BCUT2D eigenvalue weighted by atomic mass is 10.1. The molecule has 3 rings (SSSR count). The molecule has 0 spiro atoms. The third-order valence-corrected chi connectivity index (χ3v) is 4.53. The predicted octanol–water partition coefficient (Wildman–Crippen LogP) is -1.49. The molecular formula is C10H15N3O6S. The highest BCUT2D eigenvalue weighted by Gasteiger charge is 2.50. The molecule has 112 valence electrons. The molecule has 0 aliphatic carbocycles. The third-order valence-electron chi connectivity index (χ3n) is 3.59. The minimum Gasteiger partial charge on any atom is -0.371 e. The minimum atomic E-state index is -0.842. The first-order chi connectivity index (χ1) is 9.65. The van der Waals surface area contributed by atoms with Gasteiger partial charge in [0.25, 0.3) is 5.09 Å². The van der Waals surface area contributed by atoms with Crippen molar-refractivity contribution in [3.8, 4) is 0 Å². The van der Waals surface area contributed by atoms with E-state index in [4.69, 9.17) is 9.47 Å². The SMILES string of the molecule is O=C(N[C@H]1CO[C@H]2[C@@H]1OC[C@H]2O[N+](=O)[O-])[C@@H]1CSCN1. The van der Waals surface area contributed by atoms with Crippen molar-refractivity contribution >= 4 is 17.7 Å². The second kappa shape index (κ2) is 5.72. The molecule has 0 unspecified atom stereocenters. The fourth-order valence-electron chi connectivity index (χ4n) is 2.64. The lowest BCUT2D eigenvalue weighted by molar-refractivity contribution is -0.769. The molecule has 5 atom stereocenters. The van der Waals surface area contributed by atoms with Crippen molar-refractivity contribution in [2.24, 2.45) is 0 Å². The minimum absolute atomic E-state index is 0.0912. The van der Waals surface area contributed by atoms with Crippen LogP contribution < -0.4 is 10.6 Å². The standard InChI is InChI=1S/C10H15N3O6S/c14-10(6-3-20-4-11-6)12-5-1-17-9-7(19-13(15)16)2-18-8(5)9/h5-9,11H,1-4H2,(H,12,14)/t5-,6-,7+,8+,9+/m0/s1. The number of thioether (sulfide) groups is 1. The average Bonchev–Trinajstić information content (AvgIpc) is 3.09. The van der Waals surface area contributed by atoms with Crippen molar-refractivity contribution in [1.29, 1.82) is 0 Å². The summed E-state index contributed by atoms with van der Waals surface area (Å²) in [4.78, 5) is 26.9. The lowest BCUT2D eigenvalue weighted by Gasteiger charge is -2.19. The Hall–Kier alpha value is -1.10. The van der Waals surface area contributed by atoms with Crippen molar-refractivity contribution in [2.45, 2.75) is 30.4 Å². The van der Waals surface area contributed by atoms with E-state index in [1.807, 2.05) is 0 Å². The number of fused-ring (bicyclic) bond motifs is 1. The van der Waals surface area contributed by atoms with Gasteiger partial charge in [-0.25, -0.2) is 0 Å². The van der Waals surface area contributed by atoms with E-state index >= 15 is 0 Å². The summed E-state index contributed by atoms with van der Waals surface area (Å²) in [5, 5.41) is 15.5. The van der Waals surface area contributed by atoms with Gasteiger partial charge in [0, 0.05) is 11.6 Å². The molecule has 0 aromatic rings. The van der Waals surface area contributed by atoms with Gasteiger partial charge in [0.1, 0.15) is 12.2 Å². The quantitative estimate of drug-likeness (QED) is 0.477. The van der Waals surface area contributed by atoms with Crippen molar-refractivity contribution in [2.75, 3.05) is 24.8 Å². The maximum atomic E-state index is 12.0. The van der Waals surface area contributed by atoms with Gasteiger partial charge in [0.15, 0.2) is 6.10 Å². The maximum absolute atomic E-state index is 12.0. The van der Waals surface area contributed by atoms with Gasteiger partial charge >= 0.3 is 0 Å². The van der Waals surface area contributed by atoms with Gasteiger partial charge in [-0.15, -0.1) is 21.9 Å². The zero-order chi connectivity index (χ0) is 14.1. The van der Waals surface area contributed by atoms with Crippen LogP contribution in [0.25, 0.3) is 0 Å². The van der Waals surface area contributed by atoms with E-state index in [0.29, 0.717) is 0 Å². The maximum Gasteiger partial charge on any atom is 0.294 e. The van der Waals surface area contributed by atoms with Crippen molar-refractivity contribution in [1.82, 2.24) is 10.6 Å². The molecule has 0 aromatic carbocycles. The van der Waals surface area contributed by atoms with Crippen LogP contribution in [0.2, 0.25) is 0 Å². The highest BCUT2D eigenvalue weighted by atomic mass is 32.2. The first-order valence-electron chi connectivity index (χ1n) is 6.31. The molecule has 3 saturated heterocycles. The van der Waals surface area contributed by atoms with Crippen LogP contribution in [0, 0.1) is 10.1 Å². The zero-order valence-electron chi connectivity index (χ0n) is 10.5. The van der Waals surface area contributed by atoms with Crippen LogP contribution in [0.1, 0.15) is 0 Å². The normalized spacial score (nSPS) is 39.5. The van der Waals surface area contributed by atoms with Crippen LogP contribution in [0.3, 0.4) is 0 Å². The highest BCUT2D eigenvalue weighted by molar-refractivity contribution is 7.99. The van der Waals surface area contributed by atoms with Crippen LogP contribution in [-0.4, -0.2) is 66.2 Å². The van der Waals surface area contributed by atoms with Gasteiger partial charge in [0.05, 0.1) is 25.3 Å². The van der Waals surface area contributed by atoms with Crippen LogP contribution >= 0.6 is 11.8 Å². The van der Waals surface area contributed by atoms with Crippen LogP contribution in [0.4, 0.5) is 0 Å². The van der Waals surface area contributed by atoms with E-state index in [1.165, 1.54) is 0 Å². The third kappa shape index (κ3) is 2.68. The Morgan fingerprint density at radius 1 is 1.40 bits per heavy atom. The Labute approximate surface area is 118 Å². The van der Waals surface area contributed by atoms with Crippen LogP contribution in [0.15, 0.2) is 0 Å². The summed E-state index contributed by atoms with van der Waals surface area (Å²) in [6.45, 7) is 0.374. The molecule has 3 heterocycles. The molecule has 0 saturated carbocycles. The van der Waals surface area contributed by atoms with E-state index in [2.05, 4.69) is 15.5 Å². The van der Waals surface area contributed by atoms with Gasteiger partial charge < -0.3 is 19.6 Å². The molecule has 10 heteroatoms. The molecule has 3 aliphatic heterocycles. The van der Waals surface area contributed by atoms with Crippen molar-refractivity contribution in [3.05, 3.63) is 10.1 Å².